The largest absolute Gasteiger partial charge is 0.491 e. The summed E-state index contributed by atoms with van der Waals surface area (Å²) >= 11 is 0. The number of rotatable bonds is 9. The maximum Gasteiger partial charge on any atom is 0.331 e. The summed E-state index contributed by atoms with van der Waals surface area (Å²) in [5.41, 5.74) is 5.16. The molecule has 0 heterocycles. The van der Waals surface area contributed by atoms with Crippen LogP contribution in [-0.2, 0) is 16.0 Å². The van der Waals surface area contributed by atoms with E-state index in [0.717, 1.165) is 43.6 Å². The van der Waals surface area contributed by atoms with Crippen LogP contribution in [0.5, 0.6) is 0 Å². The van der Waals surface area contributed by atoms with Gasteiger partial charge in [0.25, 0.3) is 0 Å². The number of hydrogen-bond acceptors (Lipinski definition) is 3. The van der Waals surface area contributed by atoms with Crippen LogP contribution in [-0.4, -0.2) is 28.4 Å². The molecule has 10 atom stereocenters. The quantitative estimate of drug-likeness (QED) is 0.165. The maximum absolute atomic E-state index is 13.2. The van der Waals surface area contributed by atoms with Gasteiger partial charge in [0.1, 0.15) is 6.10 Å². The Morgan fingerprint density at radius 1 is 0.978 bits per heavy atom. The average Bonchev–Trinajstić information content (AvgIpc) is 3.24. The minimum atomic E-state index is -0.840. The van der Waals surface area contributed by atoms with Crippen molar-refractivity contribution in [3.05, 3.63) is 70.5 Å². The van der Waals surface area contributed by atoms with Crippen LogP contribution >= 0.6 is 0 Å². The second kappa shape index (κ2) is 12.7. The first-order valence-electron chi connectivity index (χ1n) is 17.8. The highest BCUT2D eigenvalue weighted by Crippen LogP contribution is 2.74. The highest BCUT2D eigenvalue weighted by atomic mass is 16.5. The summed E-state index contributed by atoms with van der Waals surface area (Å²) in [6.07, 6.45) is 8.38. The van der Waals surface area contributed by atoms with Crippen molar-refractivity contribution in [1.29, 1.82) is 0 Å². The monoisotopic (exact) mass is 616 g/mol. The predicted molar refractivity (Wildman–Crippen MR) is 184 cm³/mol. The molecule has 4 saturated carbocycles. The van der Waals surface area contributed by atoms with Gasteiger partial charge in [-0.2, -0.15) is 0 Å². The van der Waals surface area contributed by atoms with Crippen molar-refractivity contribution >= 4 is 5.97 Å². The number of benzene rings is 1. The third-order valence-electron chi connectivity index (χ3n) is 14.0. The van der Waals surface area contributed by atoms with Crippen LogP contribution < -0.4 is 0 Å². The molecule has 5 rings (SSSR count). The molecule has 0 aliphatic heterocycles. The highest BCUT2D eigenvalue weighted by molar-refractivity contribution is 5.88. The van der Waals surface area contributed by atoms with Gasteiger partial charge in [-0.3, -0.25) is 0 Å². The topological polar surface area (TPSA) is 66.8 Å². The first-order valence-corrected chi connectivity index (χ1v) is 17.8. The van der Waals surface area contributed by atoms with E-state index in [0.29, 0.717) is 36.0 Å². The smallest absolute Gasteiger partial charge is 0.331 e. The van der Waals surface area contributed by atoms with Crippen LogP contribution in [0.15, 0.2) is 65.0 Å². The Morgan fingerprint density at radius 3 is 2.29 bits per heavy atom. The van der Waals surface area contributed by atoms with E-state index in [1.54, 1.807) is 0 Å². The number of aryl methyl sites for hydroxylation is 1. The van der Waals surface area contributed by atoms with E-state index >= 15 is 0 Å². The van der Waals surface area contributed by atoms with Crippen molar-refractivity contribution in [3.63, 3.8) is 0 Å². The standard InChI is InChI=1S/C41H60O4/c1-25(2)30(16-15-29-13-11-10-12-14-29)17-18-31(38(43)44)36-33-23-34(42)37-39(7)21-19-27(5)28(6)32(39)20-22-40(37,8)41(33,9)24-35(36)45-26(3)4/h10-14,27-28,32-35,37,42H,3,15-24H2,1-2,4-9H3,(H,43,44)/b36-31+/t27-,28+,32+,33+,34-,35?,37+,39+,40+,41+/m1/s1. The molecule has 0 saturated heterocycles. The van der Waals surface area contributed by atoms with E-state index in [4.69, 9.17) is 4.74 Å². The Balaban J connectivity index is 1.51. The molecule has 1 unspecified atom stereocenters. The summed E-state index contributed by atoms with van der Waals surface area (Å²) in [6, 6.07) is 10.5. The zero-order valence-corrected chi connectivity index (χ0v) is 29.4. The molecule has 0 amide bonds. The van der Waals surface area contributed by atoms with E-state index in [1.807, 2.05) is 13.0 Å². The number of hydrogen-bond donors (Lipinski definition) is 2. The van der Waals surface area contributed by atoms with Crippen molar-refractivity contribution in [2.75, 3.05) is 0 Å². The van der Waals surface area contributed by atoms with E-state index in [2.05, 4.69) is 79.3 Å². The Kier molecular flexibility index (Phi) is 9.60. The number of allylic oxidation sites excluding steroid dienone is 3. The molecular weight excluding hydrogens is 556 g/mol. The number of fused-ring (bicyclic) bond motifs is 5. The Hall–Kier alpha value is -2.33. The third-order valence-corrected chi connectivity index (χ3v) is 14.0. The molecule has 0 bridgehead atoms. The molecule has 0 aromatic heterocycles. The second-order valence-corrected chi connectivity index (χ2v) is 16.5. The van der Waals surface area contributed by atoms with Crippen LogP contribution in [0.2, 0.25) is 0 Å². The molecule has 248 valence electrons. The number of carbonyl (C=O) groups is 1. The SMILES string of the molecule is C=C(C)OC1C[C@@]2(C)[C@@H](C[C@@H](O)[C@H]3[C@@]4(C)CC[C@@H](C)[C@H](C)[C@@H]4CC[C@@]32C)/C1=C(/CCC(CCc1ccccc1)=C(C)C)C(=O)O. The van der Waals surface area contributed by atoms with Gasteiger partial charge in [0.05, 0.1) is 11.9 Å². The fourth-order valence-corrected chi connectivity index (χ4v) is 11.4. The molecule has 1 aromatic carbocycles. The lowest BCUT2D eigenvalue weighted by Crippen LogP contribution is -2.65. The van der Waals surface area contributed by atoms with Gasteiger partial charge in [-0.1, -0.05) is 82.7 Å². The summed E-state index contributed by atoms with van der Waals surface area (Å²) in [5, 5.41) is 23.0. The number of carboxylic acid groups (broad SMARTS) is 1. The van der Waals surface area contributed by atoms with Gasteiger partial charge in [-0.15, -0.1) is 0 Å². The first-order chi connectivity index (χ1) is 21.1. The molecule has 45 heavy (non-hydrogen) atoms. The Bertz CT molecular complexity index is 1340. The van der Waals surface area contributed by atoms with Crippen LogP contribution in [0.4, 0.5) is 0 Å². The highest BCUT2D eigenvalue weighted by Gasteiger charge is 2.70. The minimum Gasteiger partial charge on any atom is -0.491 e. The summed E-state index contributed by atoms with van der Waals surface area (Å²) in [4.78, 5) is 13.2. The molecule has 1 aromatic rings. The van der Waals surface area contributed by atoms with Crippen LogP contribution in [0.1, 0.15) is 119 Å². The van der Waals surface area contributed by atoms with Crippen molar-refractivity contribution in [2.24, 2.45) is 45.8 Å². The summed E-state index contributed by atoms with van der Waals surface area (Å²) in [6.45, 7) is 22.5. The lowest BCUT2D eigenvalue weighted by atomic mass is 9.36. The lowest BCUT2D eigenvalue weighted by molar-refractivity contribution is -0.229. The summed E-state index contributed by atoms with van der Waals surface area (Å²) in [7, 11) is 0. The molecule has 4 nitrogen and oxygen atoms in total. The van der Waals surface area contributed by atoms with Gasteiger partial charge in [0.2, 0.25) is 0 Å². The van der Waals surface area contributed by atoms with Crippen molar-refractivity contribution in [2.45, 2.75) is 132 Å². The van der Waals surface area contributed by atoms with Crippen LogP contribution in [0, 0.1) is 45.8 Å². The molecule has 4 heteroatoms. The number of ether oxygens (including phenoxy) is 1. The second-order valence-electron chi connectivity index (χ2n) is 16.5. The molecule has 0 radical (unpaired) electrons. The predicted octanol–water partition coefficient (Wildman–Crippen LogP) is 9.93. The van der Waals surface area contributed by atoms with Gasteiger partial charge >= 0.3 is 5.97 Å². The fraction of sp³-hybridized carbons (Fsp3) is 0.683. The Labute approximate surface area is 273 Å². The normalized spacial score (nSPS) is 40.1. The number of aliphatic hydroxyl groups excluding tert-OH is 1. The fourth-order valence-electron chi connectivity index (χ4n) is 11.4. The van der Waals surface area contributed by atoms with Gasteiger partial charge in [0.15, 0.2) is 0 Å². The lowest BCUT2D eigenvalue weighted by Gasteiger charge is -2.69. The zero-order chi connectivity index (χ0) is 32.9. The van der Waals surface area contributed by atoms with Crippen LogP contribution in [0.25, 0.3) is 0 Å². The minimum absolute atomic E-state index is 0.0243. The molecule has 4 fully saturated rings. The van der Waals surface area contributed by atoms with Gasteiger partial charge in [-0.25, -0.2) is 4.79 Å². The number of carboxylic acids is 1. The summed E-state index contributed by atoms with van der Waals surface area (Å²) in [5.74, 6) is 1.98. The van der Waals surface area contributed by atoms with Crippen molar-refractivity contribution in [3.8, 4) is 0 Å². The zero-order valence-electron chi connectivity index (χ0n) is 29.4. The Morgan fingerprint density at radius 2 is 1.67 bits per heavy atom. The van der Waals surface area contributed by atoms with Crippen molar-refractivity contribution < 1.29 is 19.7 Å². The van der Waals surface area contributed by atoms with Crippen LogP contribution in [0.3, 0.4) is 0 Å². The maximum atomic E-state index is 13.2. The van der Waals surface area contributed by atoms with Gasteiger partial charge < -0.3 is 14.9 Å². The number of aliphatic hydroxyl groups is 1. The number of aliphatic carboxylic acids is 1. The molecular formula is C41H60O4. The van der Waals surface area contributed by atoms with E-state index in [9.17, 15) is 15.0 Å². The molecule has 4 aliphatic rings. The van der Waals surface area contributed by atoms with Gasteiger partial charge in [-0.05, 0) is 142 Å². The van der Waals surface area contributed by atoms with E-state index in [-0.39, 0.29) is 34.2 Å². The van der Waals surface area contributed by atoms with E-state index in [1.165, 1.54) is 36.0 Å². The average molecular weight is 617 g/mol. The first kappa shape index (κ1) is 34.0. The molecule has 0 spiro atoms. The van der Waals surface area contributed by atoms with Gasteiger partial charge in [0, 0.05) is 5.57 Å². The van der Waals surface area contributed by atoms with E-state index < -0.39 is 12.1 Å². The molecule has 4 aliphatic carbocycles. The van der Waals surface area contributed by atoms with Crippen molar-refractivity contribution in [1.82, 2.24) is 0 Å². The third kappa shape index (κ3) is 5.87. The molecule has 2 N–H and O–H groups in total. The summed E-state index contributed by atoms with van der Waals surface area (Å²) < 4.78 is 6.49.